The van der Waals surface area contributed by atoms with Crippen LogP contribution >= 0.6 is 0 Å². The maximum absolute atomic E-state index is 12.8. The molecule has 0 aromatic carbocycles. The predicted octanol–water partition coefficient (Wildman–Crippen LogP) is 1.91. The van der Waals surface area contributed by atoms with Crippen LogP contribution in [0.2, 0.25) is 0 Å². The molecular weight excluding hydrogens is 344 g/mol. The van der Waals surface area contributed by atoms with Crippen LogP contribution in [0.15, 0.2) is 24.4 Å². The zero-order valence-corrected chi connectivity index (χ0v) is 16.3. The molecule has 146 valence electrons. The summed E-state index contributed by atoms with van der Waals surface area (Å²) in [5.74, 6) is 0.204. The maximum Gasteiger partial charge on any atom is 0.228 e. The molecule has 3 rings (SSSR count). The van der Waals surface area contributed by atoms with Gasteiger partial charge in [0.15, 0.2) is 0 Å². The van der Waals surface area contributed by atoms with Crippen molar-refractivity contribution in [3.05, 3.63) is 24.4 Å². The van der Waals surface area contributed by atoms with Gasteiger partial charge < -0.3 is 15.1 Å². The number of carbonyl (C=O) groups excluding carboxylic acids is 3. The molecule has 1 N–H and O–H groups in total. The third-order valence-electron chi connectivity index (χ3n) is 5.38. The average Bonchev–Trinajstić information content (AvgIpc) is 3.04. The molecule has 1 unspecified atom stereocenters. The number of carbonyl (C=O) groups is 3. The number of nitrogens with one attached hydrogen (secondary N) is 1. The lowest BCUT2D eigenvalue weighted by atomic mass is 9.94. The lowest BCUT2D eigenvalue weighted by Gasteiger charge is -2.34. The lowest BCUT2D eigenvalue weighted by molar-refractivity contribution is -0.138. The van der Waals surface area contributed by atoms with Gasteiger partial charge in [0.05, 0.1) is 5.92 Å². The van der Waals surface area contributed by atoms with Crippen molar-refractivity contribution < 1.29 is 14.4 Å². The second-order valence-electron chi connectivity index (χ2n) is 8.38. The van der Waals surface area contributed by atoms with Crippen molar-refractivity contribution in [1.82, 2.24) is 14.8 Å². The molecule has 7 heteroatoms. The number of amides is 3. The van der Waals surface area contributed by atoms with Gasteiger partial charge in [-0.25, -0.2) is 4.98 Å². The maximum atomic E-state index is 12.8. The van der Waals surface area contributed by atoms with E-state index in [2.05, 4.69) is 10.3 Å². The summed E-state index contributed by atoms with van der Waals surface area (Å²) in [4.78, 5) is 45.2. The predicted molar refractivity (Wildman–Crippen MR) is 102 cm³/mol. The summed E-state index contributed by atoms with van der Waals surface area (Å²) in [6.07, 6.45) is 3.19. The summed E-state index contributed by atoms with van der Waals surface area (Å²) in [6, 6.07) is 5.39. The van der Waals surface area contributed by atoms with Crippen LogP contribution in [0.25, 0.3) is 0 Å². The van der Waals surface area contributed by atoms with Crippen molar-refractivity contribution in [2.24, 2.45) is 11.8 Å². The second kappa shape index (κ2) is 7.66. The van der Waals surface area contributed by atoms with Crippen LogP contribution in [0, 0.1) is 11.8 Å². The number of rotatable bonds is 3. The van der Waals surface area contributed by atoms with Gasteiger partial charge in [-0.05, 0) is 45.7 Å². The van der Waals surface area contributed by atoms with Gasteiger partial charge in [-0.1, -0.05) is 6.07 Å². The summed E-state index contributed by atoms with van der Waals surface area (Å²) in [5.41, 5.74) is -0.261. The van der Waals surface area contributed by atoms with E-state index in [0.717, 1.165) is 0 Å². The molecule has 0 spiro atoms. The van der Waals surface area contributed by atoms with Gasteiger partial charge in [-0.15, -0.1) is 0 Å². The fourth-order valence-electron chi connectivity index (χ4n) is 3.81. The highest BCUT2D eigenvalue weighted by Crippen LogP contribution is 2.28. The van der Waals surface area contributed by atoms with E-state index in [1.54, 1.807) is 23.2 Å². The van der Waals surface area contributed by atoms with Gasteiger partial charge in [0.1, 0.15) is 5.82 Å². The largest absolute Gasteiger partial charge is 0.342 e. The molecule has 2 saturated heterocycles. The minimum absolute atomic E-state index is 0.0404. The van der Waals surface area contributed by atoms with Crippen LogP contribution in [0.1, 0.15) is 40.0 Å². The number of nitrogens with zero attached hydrogens (tertiary/aromatic N) is 3. The van der Waals surface area contributed by atoms with Crippen LogP contribution in [0.5, 0.6) is 0 Å². The van der Waals surface area contributed by atoms with Crippen LogP contribution in [0.3, 0.4) is 0 Å². The van der Waals surface area contributed by atoms with E-state index in [1.807, 2.05) is 31.7 Å². The van der Waals surface area contributed by atoms with E-state index < -0.39 is 0 Å². The molecule has 2 fully saturated rings. The summed E-state index contributed by atoms with van der Waals surface area (Å²) in [7, 11) is 0. The molecule has 2 aliphatic rings. The Kier molecular flexibility index (Phi) is 5.48. The van der Waals surface area contributed by atoms with E-state index in [1.165, 1.54) is 0 Å². The summed E-state index contributed by atoms with van der Waals surface area (Å²) in [5, 5.41) is 2.83. The Morgan fingerprint density at radius 1 is 1.15 bits per heavy atom. The van der Waals surface area contributed by atoms with Crippen LogP contribution in [-0.2, 0) is 14.4 Å². The van der Waals surface area contributed by atoms with Gasteiger partial charge in [-0.2, -0.15) is 0 Å². The first-order valence-electron chi connectivity index (χ1n) is 9.57. The molecule has 0 radical (unpaired) electrons. The number of likely N-dealkylation sites (tertiary alicyclic amines) is 2. The van der Waals surface area contributed by atoms with Gasteiger partial charge in [0, 0.05) is 43.7 Å². The van der Waals surface area contributed by atoms with Crippen molar-refractivity contribution in [2.75, 3.05) is 25.0 Å². The summed E-state index contributed by atoms with van der Waals surface area (Å²) in [6.45, 7) is 7.57. The first-order chi connectivity index (χ1) is 12.8. The lowest BCUT2D eigenvalue weighted by Crippen LogP contribution is -2.46. The SMILES string of the molecule is CC(C)(C)N1CC(C(=O)N2CCC(C(=O)Nc3ccccn3)CC2)CC1=O. The highest BCUT2D eigenvalue weighted by atomic mass is 16.2. The van der Waals surface area contributed by atoms with Crippen LogP contribution in [0.4, 0.5) is 5.82 Å². The smallest absolute Gasteiger partial charge is 0.228 e. The van der Waals surface area contributed by atoms with Gasteiger partial charge in [0.25, 0.3) is 0 Å². The standard InChI is InChI=1S/C20H28N4O3/c1-20(2,3)24-13-15(12-17(24)25)19(27)23-10-7-14(8-11-23)18(26)22-16-6-4-5-9-21-16/h4-6,9,14-15H,7-8,10-13H2,1-3H3,(H,21,22,26). The second-order valence-corrected chi connectivity index (χ2v) is 8.38. The number of piperidine rings is 1. The molecule has 0 aliphatic carbocycles. The van der Waals surface area contributed by atoms with E-state index >= 15 is 0 Å². The summed E-state index contributed by atoms with van der Waals surface area (Å²) >= 11 is 0. The van der Waals surface area contributed by atoms with E-state index in [9.17, 15) is 14.4 Å². The Labute approximate surface area is 160 Å². The number of hydrogen-bond acceptors (Lipinski definition) is 4. The number of pyridine rings is 1. The Bertz CT molecular complexity index is 706. The van der Waals surface area contributed by atoms with Gasteiger partial charge in [0.2, 0.25) is 17.7 Å². The molecule has 0 saturated carbocycles. The quantitative estimate of drug-likeness (QED) is 0.879. The molecular formula is C20H28N4O3. The molecule has 1 aromatic rings. The number of anilines is 1. The molecule has 0 bridgehead atoms. The molecule has 3 heterocycles. The Balaban J connectivity index is 1.51. The van der Waals surface area contributed by atoms with Crippen molar-refractivity contribution >= 4 is 23.5 Å². The third-order valence-corrected chi connectivity index (χ3v) is 5.38. The Morgan fingerprint density at radius 3 is 2.41 bits per heavy atom. The van der Waals surface area contributed by atoms with Gasteiger partial charge in [-0.3, -0.25) is 14.4 Å². The minimum atomic E-state index is -0.268. The van der Waals surface area contributed by atoms with Crippen LogP contribution in [-0.4, -0.2) is 57.7 Å². The molecule has 3 amide bonds. The van der Waals surface area contributed by atoms with E-state index in [4.69, 9.17) is 0 Å². The number of hydrogen-bond donors (Lipinski definition) is 1. The normalized spacial score (nSPS) is 21.4. The highest BCUT2D eigenvalue weighted by Gasteiger charge is 2.41. The average molecular weight is 372 g/mol. The first-order valence-corrected chi connectivity index (χ1v) is 9.57. The Hall–Kier alpha value is -2.44. The highest BCUT2D eigenvalue weighted by molar-refractivity contribution is 5.92. The van der Waals surface area contributed by atoms with E-state index in [-0.39, 0.29) is 41.5 Å². The van der Waals surface area contributed by atoms with E-state index in [0.29, 0.717) is 38.3 Å². The van der Waals surface area contributed by atoms with Crippen molar-refractivity contribution in [3.63, 3.8) is 0 Å². The monoisotopic (exact) mass is 372 g/mol. The van der Waals surface area contributed by atoms with Crippen molar-refractivity contribution in [3.8, 4) is 0 Å². The fourth-order valence-corrected chi connectivity index (χ4v) is 3.81. The molecule has 7 nitrogen and oxygen atoms in total. The molecule has 2 aliphatic heterocycles. The fraction of sp³-hybridized carbons (Fsp3) is 0.600. The zero-order chi connectivity index (χ0) is 19.6. The minimum Gasteiger partial charge on any atom is -0.342 e. The van der Waals surface area contributed by atoms with Gasteiger partial charge >= 0.3 is 0 Å². The van der Waals surface area contributed by atoms with Crippen molar-refractivity contribution in [1.29, 1.82) is 0 Å². The van der Waals surface area contributed by atoms with Crippen molar-refractivity contribution in [2.45, 2.75) is 45.6 Å². The molecule has 1 aromatic heterocycles. The molecule has 27 heavy (non-hydrogen) atoms. The topological polar surface area (TPSA) is 82.6 Å². The zero-order valence-electron chi connectivity index (χ0n) is 16.3. The third kappa shape index (κ3) is 4.46. The molecule has 1 atom stereocenters. The number of aromatic nitrogens is 1. The van der Waals surface area contributed by atoms with Crippen LogP contribution < -0.4 is 5.32 Å². The summed E-state index contributed by atoms with van der Waals surface area (Å²) < 4.78 is 0. The Morgan fingerprint density at radius 2 is 1.85 bits per heavy atom. The first kappa shape index (κ1) is 19.3.